The molecule has 7 heteroatoms. The molecule has 0 spiro atoms. The lowest BCUT2D eigenvalue weighted by Gasteiger charge is -2.07. The van der Waals surface area contributed by atoms with Gasteiger partial charge in [-0.05, 0) is 24.3 Å². The molecule has 27 heavy (non-hydrogen) atoms. The van der Waals surface area contributed by atoms with Crippen molar-refractivity contribution >= 4 is 39.8 Å². The lowest BCUT2D eigenvalue weighted by atomic mass is 10.2. The van der Waals surface area contributed by atoms with Crippen molar-refractivity contribution in [2.75, 3.05) is 0 Å². The van der Waals surface area contributed by atoms with Crippen LogP contribution in [0.4, 0.5) is 0 Å². The molecular weight excluding hydrogens is 382 g/mol. The third kappa shape index (κ3) is 4.13. The van der Waals surface area contributed by atoms with Gasteiger partial charge in [-0.3, -0.25) is 9.78 Å². The van der Waals surface area contributed by atoms with E-state index in [-0.39, 0.29) is 19.0 Å². The van der Waals surface area contributed by atoms with Crippen molar-refractivity contribution in [1.82, 2.24) is 15.0 Å². The first kappa shape index (κ1) is 17.6. The van der Waals surface area contributed by atoms with Gasteiger partial charge in [-0.1, -0.05) is 29.8 Å². The molecule has 3 aromatic heterocycles. The molecule has 0 bridgehead atoms. The Bertz CT molecular complexity index is 1100. The van der Waals surface area contributed by atoms with E-state index in [1.807, 2.05) is 47.8 Å². The maximum Gasteiger partial charge on any atom is 0.312 e. The minimum atomic E-state index is -0.359. The number of thiazole rings is 1. The molecule has 0 fully saturated rings. The molecule has 1 aromatic carbocycles. The molecule has 0 aliphatic rings. The Morgan fingerprint density at radius 2 is 2.04 bits per heavy atom. The summed E-state index contributed by atoms with van der Waals surface area (Å²) in [6.45, 7) is 0.0785. The number of halogens is 1. The monoisotopic (exact) mass is 395 g/mol. The highest BCUT2D eigenvalue weighted by atomic mass is 35.5. The van der Waals surface area contributed by atoms with Gasteiger partial charge in [0.2, 0.25) is 0 Å². The number of hydrogen-bond donors (Lipinski definition) is 0. The number of carbonyl (C=O) groups excluding carboxylic acids is 1. The van der Waals surface area contributed by atoms with Gasteiger partial charge in [0.1, 0.15) is 16.8 Å². The predicted molar refractivity (Wildman–Crippen MR) is 106 cm³/mol. The highest BCUT2D eigenvalue weighted by Gasteiger charge is 2.12. The smallest absolute Gasteiger partial charge is 0.312 e. The number of pyridine rings is 2. The first-order valence-corrected chi connectivity index (χ1v) is 9.49. The molecule has 0 radical (unpaired) electrons. The van der Waals surface area contributed by atoms with Gasteiger partial charge in [0.15, 0.2) is 0 Å². The van der Waals surface area contributed by atoms with Crippen LogP contribution >= 0.6 is 22.9 Å². The average molecular weight is 396 g/mol. The van der Waals surface area contributed by atoms with E-state index in [0.717, 1.165) is 21.5 Å². The zero-order valence-corrected chi connectivity index (χ0v) is 15.7. The molecule has 0 N–H and O–H groups in total. The molecule has 0 atom stereocenters. The fraction of sp³-hybridized carbons (Fsp3) is 0.100. The Balaban J connectivity index is 1.40. The van der Waals surface area contributed by atoms with E-state index in [2.05, 4.69) is 15.0 Å². The molecule has 3 heterocycles. The molecular formula is C20H14ClN3O2S. The van der Waals surface area contributed by atoms with Crippen LogP contribution in [0.15, 0.2) is 60.2 Å². The quantitative estimate of drug-likeness (QED) is 0.362. The lowest BCUT2D eigenvalue weighted by Crippen LogP contribution is -2.08. The standard InChI is InChI=1S/C20H14ClN3O2S/c21-19-15(8-13-4-1-2-6-17(13)24-19)11-26-18(25)9-16-12-27-20(23-16)14-5-3-7-22-10-14/h1-8,10,12H,9,11H2. The summed E-state index contributed by atoms with van der Waals surface area (Å²) >= 11 is 7.67. The van der Waals surface area contributed by atoms with E-state index in [4.69, 9.17) is 16.3 Å². The summed E-state index contributed by atoms with van der Waals surface area (Å²) in [5, 5.41) is 3.98. The molecule has 0 amide bonds. The molecule has 4 aromatic rings. The van der Waals surface area contributed by atoms with Crippen LogP contribution in [-0.2, 0) is 22.6 Å². The summed E-state index contributed by atoms with van der Waals surface area (Å²) in [4.78, 5) is 25.1. The van der Waals surface area contributed by atoms with Crippen molar-refractivity contribution in [3.63, 3.8) is 0 Å². The van der Waals surface area contributed by atoms with Crippen LogP contribution < -0.4 is 0 Å². The molecule has 0 saturated heterocycles. The first-order chi connectivity index (χ1) is 13.2. The second-order valence-corrected chi connectivity index (χ2v) is 7.07. The van der Waals surface area contributed by atoms with Gasteiger partial charge in [-0.25, -0.2) is 9.97 Å². The molecule has 4 rings (SSSR count). The molecule has 0 unspecified atom stereocenters. The maximum atomic E-state index is 12.2. The molecule has 0 aliphatic heterocycles. The number of esters is 1. The Morgan fingerprint density at radius 1 is 1.15 bits per heavy atom. The Labute approximate surface area is 164 Å². The van der Waals surface area contributed by atoms with Crippen molar-refractivity contribution in [3.05, 3.63) is 76.6 Å². The largest absolute Gasteiger partial charge is 0.460 e. The van der Waals surface area contributed by atoms with Gasteiger partial charge in [-0.2, -0.15) is 0 Å². The SMILES string of the molecule is O=C(Cc1csc(-c2cccnc2)n1)OCc1cc2ccccc2nc1Cl. The van der Waals surface area contributed by atoms with Crippen LogP contribution in [0.25, 0.3) is 21.5 Å². The third-order valence-corrected chi connectivity index (χ3v) is 5.19. The van der Waals surface area contributed by atoms with E-state index in [9.17, 15) is 4.79 Å². The topological polar surface area (TPSA) is 65.0 Å². The molecule has 5 nitrogen and oxygen atoms in total. The van der Waals surface area contributed by atoms with Crippen molar-refractivity contribution in [2.24, 2.45) is 0 Å². The number of carbonyl (C=O) groups is 1. The minimum absolute atomic E-state index is 0.0785. The summed E-state index contributed by atoms with van der Waals surface area (Å²) in [6.07, 6.45) is 3.56. The van der Waals surface area contributed by atoms with E-state index >= 15 is 0 Å². The Morgan fingerprint density at radius 3 is 2.89 bits per heavy atom. The molecule has 0 aliphatic carbocycles. The van der Waals surface area contributed by atoms with Gasteiger partial charge >= 0.3 is 5.97 Å². The normalized spacial score (nSPS) is 10.9. The highest BCUT2D eigenvalue weighted by molar-refractivity contribution is 7.13. The van der Waals surface area contributed by atoms with Crippen LogP contribution in [-0.4, -0.2) is 20.9 Å². The van der Waals surface area contributed by atoms with E-state index in [1.54, 1.807) is 12.4 Å². The zero-order valence-electron chi connectivity index (χ0n) is 14.1. The second-order valence-electron chi connectivity index (χ2n) is 5.85. The predicted octanol–water partition coefficient (Wildman–Crippen LogP) is 4.69. The summed E-state index contributed by atoms with van der Waals surface area (Å²) in [7, 11) is 0. The van der Waals surface area contributed by atoms with Crippen molar-refractivity contribution in [2.45, 2.75) is 13.0 Å². The number of benzene rings is 1. The van der Waals surface area contributed by atoms with Crippen LogP contribution in [0, 0.1) is 0 Å². The molecule has 0 saturated carbocycles. The van der Waals surface area contributed by atoms with E-state index in [0.29, 0.717) is 16.4 Å². The van der Waals surface area contributed by atoms with Crippen LogP contribution in [0.5, 0.6) is 0 Å². The van der Waals surface area contributed by atoms with Crippen LogP contribution in [0.3, 0.4) is 0 Å². The minimum Gasteiger partial charge on any atom is -0.460 e. The number of aromatic nitrogens is 3. The van der Waals surface area contributed by atoms with Crippen LogP contribution in [0.1, 0.15) is 11.3 Å². The number of hydrogen-bond acceptors (Lipinski definition) is 6. The lowest BCUT2D eigenvalue weighted by molar-refractivity contribution is -0.144. The zero-order chi connectivity index (χ0) is 18.6. The first-order valence-electron chi connectivity index (χ1n) is 8.23. The van der Waals surface area contributed by atoms with Crippen LogP contribution in [0.2, 0.25) is 5.15 Å². The Kier molecular flexibility index (Phi) is 5.09. The summed E-state index contributed by atoms with van der Waals surface area (Å²) in [6, 6.07) is 13.3. The van der Waals surface area contributed by atoms with Crippen molar-refractivity contribution in [1.29, 1.82) is 0 Å². The fourth-order valence-corrected chi connectivity index (χ4v) is 3.62. The van der Waals surface area contributed by atoms with Crippen molar-refractivity contribution < 1.29 is 9.53 Å². The summed E-state index contributed by atoms with van der Waals surface area (Å²) in [5.41, 5.74) is 3.09. The summed E-state index contributed by atoms with van der Waals surface area (Å²) < 4.78 is 5.37. The van der Waals surface area contributed by atoms with Gasteiger partial charge < -0.3 is 4.74 Å². The van der Waals surface area contributed by atoms with Crippen molar-refractivity contribution in [3.8, 4) is 10.6 Å². The average Bonchev–Trinajstić information content (AvgIpc) is 3.15. The number of para-hydroxylation sites is 1. The van der Waals surface area contributed by atoms with Gasteiger partial charge in [0.05, 0.1) is 17.6 Å². The van der Waals surface area contributed by atoms with E-state index < -0.39 is 0 Å². The third-order valence-electron chi connectivity index (χ3n) is 3.92. The number of ether oxygens (including phenoxy) is 1. The van der Waals surface area contributed by atoms with Gasteiger partial charge in [0, 0.05) is 34.3 Å². The number of nitrogens with zero attached hydrogens (tertiary/aromatic N) is 3. The summed E-state index contributed by atoms with van der Waals surface area (Å²) in [5.74, 6) is -0.359. The van der Waals surface area contributed by atoms with Gasteiger partial charge in [-0.15, -0.1) is 11.3 Å². The maximum absolute atomic E-state index is 12.2. The number of rotatable bonds is 5. The highest BCUT2D eigenvalue weighted by Crippen LogP contribution is 2.24. The molecule has 134 valence electrons. The second kappa shape index (κ2) is 7.82. The van der Waals surface area contributed by atoms with Gasteiger partial charge in [0.25, 0.3) is 0 Å². The Hall–Kier alpha value is -2.83. The fourth-order valence-electron chi connectivity index (χ4n) is 2.60. The van der Waals surface area contributed by atoms with E-state index in [1.165, 1.54) is 11.3 Å². The number of fused-ring (bicyclic) bond motifs is 1.